The Kier molecular flexibility index (Phi) is 4.23. The van der Waals surface area contributed by atoms with Gasteiger partial charge in [-0.05, 0) is 18.2 Å². The highest BCUT2D eigenvalue weighted by Gasteiger charge is 2.15. The lowest BCUT2D eigenvalue weighted by Crippen LogP contribution is -2.05. The first-order valence-corrected chi connectivity index (χ1v) is 8.56. The Hall–Kier alpha value is -0.300. The van der Waals surface area contributed by atoms with Crippen molar-refractivity contribution in [1.82, 2.24) is 0 Å². The highest BCUT2D eigenvalue weighted by Crippen LogP contribution is 2.20. The van der Waals surface area contributed by atoms with Crippen molar-refractivity contribution in [3.63, 3.8) is 0 Å². The van der Waals surface area contributed by atoms with Crippen LogP contribution in [0.5, 0.6) is 0 Å². The lowest BCUT2D eigenvalue weighted by atomic mass is 10.4. The van der Waals surface area contributed by atoms with Crippen molar-refractivity contribution in [2.45, 2.75) is 11.8 Å². The first-order chi connectivity index (χ1) is 7.27. The minimum absolute atomic E-state index is 0.0410. The van der Waals surface area contributed by atoms with Gasteiger partial charge in [0.25, 0.3) is 0 Å². The van der Waals surface area contributed by atoms with Crippen LogP contribution in [0.25, 0.3) is 0 Å². The van der Waals surface area contributed by atoms with Gasteiger partial charge in [-0.3, -0.25) is 0 Å². The van der Waals surface area contributed by atoms with Gasteiger partial charge in [0, 0.05) is 26.4 Å². The summed E-state index contributed by atoms with van der Waals surface area (Å²) >= 11 is 5.73. The molecule has 8 heteroatoms. The maximum atomic E-state index is 12.2. The van der Waals surface area contributed by atoms with Crippen molar-refractivity contribution in [2.24, 2.45) is 3.77 Å². The lowest BCUT2D eigenvalue weighted by molar-refractivity contribution is 0.611. The van der Waals surface area contributed by atoms with Gasteiger partial charge in [-0.25, -0.2) is 4.21 Å². The van der Waals surface area contributed by atoms with E-state index in [4.69, 9.17) is 22.3 Å². The summed E-state index contributed by atoms with van der Waals surface area (Å²) < 4.78 is 37.1. The predicted octanol–water partition coefficient (Wildman–Crippen LogP) is 2.67. The van der Waals surface area contributed by atoms with Crippen LogP contribution in [0.2, 0.25) is 5.02 Å². The molecule has 16 heavy (non-hydrogen) atoms. The molecule has 0 fully saturated rings. The minimum atomic E-state index is -4.18. The second kappa shape index (κ2) is 4.91. The van der Waals surface area contributed by atoms with Crippen LogP contribution in [0.4, 0.5) is 0 Å². The van der Waals surface area contributed by atoms with Crippen molar-refractivity contribution in [2.75, 3.05) is 5.75 Å². The highest BCUT2D eigenvalue weighted by molar-refractivity contribution is 8.17. The molecule has 0 amide bonds. The summed E-state index contributed by atoms with van der Waals surface area (Å²) in [6.07, 6.45) is 0. The number of halogens is 2. The van der Waals surface area contributed by atoms with Crippen LogP contribution < -0.4 is 0 Å². The molecular weight excluding hydrogens is 293 g/mol. The third-order valence-electron chi connectivity index (χ3n) is 1.77. The monoisotopic (exact) mass is 301 g/mol. The minimum Gasteiger partial charge on any atom is -0.244 e. The van der Waals surface area contributed by atoms with Crippen LogP contribution in [0.15, 0.2) is 32.9 Å². The molecule has 90 valence electrons. The molecule has 0 aliphatic rings. The van der Waals surface area contributed by atoms with Crippen molar-refractivity contribution >= 4 is 41.2 Å². The van der Waals surface area contributed by atoms with Gasteiger partial charge in [0.1, 0.15) is 0 Å². The Balaban J connectivity index is 3.50. The number of nitrogens with zero attached hydrogens (tertiary/aromatic N) is 1. The molecule has 0 aromatic heterocycles. The van der Waals surface area contributed by atoms with E-state index < -0.39 is 19.0 Å². The Morgan fingerprint density at radius 2 is 1.94 bits per heavy atom. The van der Waals surface area contributed by atoms with Crippen molar-refractivity contribution in [3.8, 4) is 0 Å². The van der Waals surface area contributed by atoms with Gasteiger partial charge < -0.3 is 0 Å². The van der Waals surface area contributed by atoms with Crippen LogP contribution >= 0.6 is 22.3 Å². The quantitative estimate of drug-likeness (QED) is 0.806. The van der Waals surface area contributed by atoms with Crippen molar-refractivity contribution in [3.05, 3.63) is 29.3 Å². The molecule has 0 radical (unpaired) electrons. The van der Waals surface area contributed by atoms with Gasteiger partial charge in [-0.2, -0.15) is 8.42 Å². The zero-order chi connectivity index (χ0) is 12.4. The van der Waals surface area contributed by atoms with Gasteiger partial charge in [0.2, 0.25) is 0 Å². The fourth-order valence-corrected chi connectivity index (χ4v) is 5.00. The summed E-state index contributed by atoms with van der Waals surface area (Å²) in [4.78, 5) is 0.256. The van der Waals surface area contributed by atoms with E-state index in [1.807, 2.05) is 0 Å². The number of hydrogen-bond acceptors (Lipinski definition) is 3. The SMILES string of the molecule is CC[S@](=O)(=NS(=O)(=O)Cl)c1cccc(Cl)c1. The normalized spacial score (nSPS) is 15.4. The second-order valence-electron chi connectivity index (χ2n) is 2.87. The molecule has 0 heterocycles. The average molecular weight is 302 g/mol. The zero-order valence-electron chi connectivity index (χ0n) is 8.26. The van der Waals surface area contributed by atoms with Gasteiger partial charge >= 0.3 is 9.24 Å². The lowest BCUT2D eigenvalue weighted by Gasteiger charge is -2.06. The molecule has 0 bridgehead atoms. The van der Waals surface area contributed by atoms with Crippen LogP contribution in [0, 0.1) is 0 Å². The van der Waals surface area contributed by atoms with E-state index in [0.29, 0.717) is 5.02 Å². The van der Waals surface area contributed by atoms with Gasteiger partial charge in [-0.1, -0.05) is 28.4 Å². The van der Waals surface area contributed by atoms with Crippen LogP contribution in [0.1, 0.15) is 6.92 Å². The Bertz CT molecular complexity index is 603. The molecule has 0 spiro atoms. The van der Waals surface area contributed by atoms with Crippen molar-refractivity contribution in [1.29, 1.82) is 0 Å². The summed E-state index contributed by atoms with van der Waals surface area (Å²) in [6, 6.07) is 6.08. The van der Waals surface area contributed by atoms with E-state index in [0.717, 1.165) is 0 Å². The zero-order valence-corrected chi connectivity index (χ0v) is 11.4. The predicted molar refractivity (Wildman–Crippen MR) is 65.6 cm³/mol. The summed E-state index contributed by atoms with van der Waals surface area (Å²) in [7, 11) is -2.26. The first kappa shape index (κ1) is 13.8. The van der Waals surface area contributed by atoms with E-state index in [9.17, 15) is 12.6 Å². The third-order valence-corrected chi connectivity index (χ3v) is 5.96. The molecular formula is C8H9Cl2NO3S2. The first-order valence-electron chi connectivity index (χ1n) is 4.23. The average Bonchev–Trinajstić information content (AvgIpc) is 2.15. The maximum Gasteiger partial charge on any atom is 0.347 e. The van der Waals surface area contributed by atoms with Gasteiger partial charge in [0.15, 0.2) is 0 Å². The Morgan fingerprint density at radius 3 is 2.38 bits per heavy atom. The van der Waals surface area contributed by atoms with Gasteiger partial charge in [-0.15, -0.1) is 0 Å². The highest BCUT2D eigenvalue weighted by atomic mass is 35.7. The Labute approximate surface area is 104 Å². The summed E-state index contributed by atoms with van der Waals surface area (Å²) in [5, 5.41) is 0.362. The molecule has 0 saturated heterocycles. The topological polar surface area (TPSA) is 63.6 Å². The summed E-state index contributed by atoms with van der Waals surface area (Å²) in [6.45, 7) is 1.56. The smallest absolute Gasteiger partial charge is 0.244 e. The van der Waals surface area contributed by atoms with E-state index in [1.165, 1.54) is 12.1 Å². The number of benzene rings is 1. The Morgan fingerprint density at radius 1 is 1.31 bits per heavy atom. The van der Waals surface area contributed by atoms with Gasteiger partial charge in [0.05, 0.1) is 9.73 Å². The molecule has 1 atom stereocenters. The number of rotatable bonds is 3. The van der Waals surface area contributed by atoms with Crippen LogP contribution in [0.3, 0.4) is 0 Å². The molecule has 1 aromatic carbocycles. The van der Waals surface area contributed by atoms with Crippen molar-refractivity contribution < 1.29 is 12.6 Å². The standard InChI is InChI=1S/C8H9Cl2NO3S2/c1-2-15(12,11-16(10,13)14)8-5-3-4-7(9)6-8/h3-6H,2H2,1H3/t15-/m1/s1. The van der Waals surface area contributed by atoms with Crippen LogP contribution in [-0.4, -0.2) is 18.4 Å². The molecule has 0 unspecified atom stereocenters. The van der Waals surface area contributed by atoms with E-state index >= 15 is 0 Å². The maximum absolute atomic E-state index is 12.2. The van der Waals surface area contributed by atoms with E-state index in [2.05, 4.69) is 3.77 Å². The summed E-state index contributed by atoms with van der Waals surface area (Å²) in [5.41, 5.74) is 0. The fourth-order valence-electron chi connectivity index (χ4n) is 1.07. The van der Waals surface area contributed by atoms with E-state index in [-0.39, 0.29) is 10.6 Å². The molecule has 0 aliphatic carbocycles. The largest absolute Gasteiger partial charge is 0.347 e. The molecule has 4 nitrogen and oxygen atoms in total. The molecule has 1 aromatic rings. The third kappa shape index (κ3) is 3.62. The molecule has 0 saturated carbocycles. The van der Waals surface area contributed by atoms with Crippen LogP contribution in [-0.2, 0) is 19.0 Å². The molecule has 0 aliphatic heterocycles. The summed E-state index contributed by atoms with van der Waals surface area (Å²) in [5.74, 6) is 0.0410. The fraction of sp³-hybridized carbons (Fsp3) is 0.250. The van der Waals surface area contributed by atoms with E-state index in [1.54, 1.807) is 19.1 Å². The second-order valence-corrected chi connectivity index (χ2v) is 8.23. The number of hydrogen-bond donors (Lipinski definition) is 0. The molecule has 1 rings (SSSR count). The molecule has 0 N–H and O–H groups in total.